The minimum atomic E-state index is -0.617. The van der Waals surface area contributed by atoms with E-state index in [2.05, 4.69) is 22.0 Å². The molecule has 1 aliphatic rings. The van der Waals surface area contributed by atoms with Gasteiger partial charge in [-0.1, -0.05) is 44.2 Å². The van der Waals surface area contributed by atoms with Crippen LogP contribution in [0.3, 0.4) is 0 Å². The molecule has 5 heteroatoms. The van der Waals surface area contributed by atoms with Gasteiger partial charge in [0.2, 0.25) is 5.91 Å². The number of nitrogens with one attached hydrogen (secondary N) is 3. The standard InChI is InChI=1S/C22H27N3O2/c1-15(2)20(25-22(27)23-17-11-4-3-5-12-17)21(26)24-19-14-8-10-16-9-6-7-13-18(16)19/h3-5,8,10-12,14-15,20H,6-7,9,13H2,1-2H3,(H,24,26)(H2,23,25,27). The molecule has 1 atom stereocenters. The van der Waals surface area contributed by atoms with Crippen molar-refractivity contribution in [2.24, 2.45) is 5.92 Å². The van der Waals surface area contributed by atoms with Crippen LogP contribution in [0.15, 0.2) is 48.5 Å². The first-order valence-corrected chi connectivity index (χ1v) is 9.59. The Morgan fingerprint density at radius 3 is 2.37 bits per heavy atom. The lowest BCUT2D eigenvalue weighted by molar-refractivity contribution is -0.118. The lowest BCUT2D eigenvalue weighted by Crippen LogP contribution is -2.48. The fourth-order valence-electron chi connectivity index (χ4n) is 3.47. The number of fused-ring (bicyclic) bond motifs is 1. The number of rotatable bonds is 5. The van der Waals surface area contributed by atoms with Gasteiger partial charge < -0.3 is 16.0 Å². The second-order valence-electron chi connectivity index (χ2n) is 7.33. The van der Waals surface area contributed by atoms with E-state index in [-0.39, 0.29) is 17.9 Å². The first-order valence-electron chi connectivity index (χ1n) is 9.59. The molecule has 27 heavy (non-hydrogen) atoms. The summed E-state index contributed by atoms with van der Waals surface area (Å²) >= 11 is 0. The molecule has 0 heterocycles. The van der Waals surface area contributed by atoms with E-state index in [0.717, 1.165) is 24.9 Å². The van der Waals surface area contributed by atoms with Gasteiger partial charge in [0.25, 0.3) is 0 Å². The molecule has 0 fully saturated rings. The third-order valence-corrected chi connectivity index (χ3v) is 4.92. The summed E-state index contributed by atoms with van der Waals surface area (Å²) in [6.07, 6.45) is 4.38. The van der Waals surface area contributed by atoms with E-state index in [1.807, 2.05) is 44.2 Å². The van der Waals surface area contributed by atoms with Crippen LogP contribution in [0.25, 0.3) is 0 Å². The maximum Gasteiger partial charge on any atom is 0.319 e. The zero-order valence-electron chi connectivity index (χ0n) is 15.9. The van der Waals surface area contributed by atoms with Crippen molar-refractivity contribution in [2.45, 2.75) is 45.6 Å². The molecule has 0 spiro atoms. The Morgan fingerprint density at radius 2 is 1.63 bits per heavy atom. The zero-order chi connectivity index (χ0) is 19.2. The molecule has 2 aromatic rings. The maximum absolute atomic E-state index is 12.9. The summed E-state index contributed by atoms with van der Waals surface area (Å²) in [5, 5.41) is 8.61. The average molecular weight is 365 g/mol. The molecule has 3 rings (SSSR count). The third kappa shape index (κ3) is 4.88. The average Bonchev–Trinajstić information content (AvgIpc) is 2.67. The van der Waals surface area contributed by atoms with Crippen LogP contribution in [-0.2, 0) is 17.6 Å². The molecule has 1 aliphatic carbocycles. The fourth-order valence-corrected chi connectivity index (χ4v) is 3.47. The van der Waals surface area contributed by atoms with Gasteiger partial charge in [0.15, 0.2) is 0 Å². The van der Waals surface area contributed by atoms with E-state index in [4.69, 9.17) is 0 Å². The maximum atomic E-state index is 12.9. The largest absolute Gasteiger partial charge is 0.326 e. The quantitative estimate of drug-likeness (QED) is 0.737. The number of amides is 3. The summed E-state index contributed by atoms with van der Waals surface area (Å²) in [6, 6.07) is 14.3. The number of hydrogen-bond acceptors (Lipinski definition) is 2. The first-order chi connectivity index (χ1) is 13.0. The topological polar surface area (TPSA) is 70.2 Å². The lowest BCUT2D eigenvalue weighted by Gasteiger charge is -2.24. The fraction of sp³-hybridized carbons (Fsp3) is 0.364. The molecule has 0 bridgehead atoms. The van der Waals surface area contributed by atoms with Crippen LogP contribution in [0.5, 0.6) is 0 Å². The highest BCUT2D eigenvalue weighted by Crippen LogP contribution is 2.28. The number of benzene rings is 2. The van der Waals surface area contributed by atoms with Crippen molar-refractivity contribution in [2.75, 3.05) is 10.6 Å². The normalized spacial score (nSPS) is 14.2. The first kappa shape index (κ1) is 19.0. The molecule has 5 nitrogen and oxygen atoms in total. The number of carbonyl (C=O) groups excluding carboxylic acids is 2. The van der Waals surface area contributed by atoms with Crippen LogP contribution in [0.2, 0.25) is 0 Å². The molecule has 142 valence electrons. The van der Waals surface area contributed by atoms with Crippen molar-refractivity contribution in [3.63, 3.8) is 0 Å². The second-order valence-corrected chi connectivity index (χ2v) is 7.33. The summed E-state index contributed by atoms with van der Waals surface area (Å²) in [6.45, 7) is 3.85. The van der Waals surface area contributed by atoms with Crippen LogP contribution in [0.4, 0.5) is 16.2 Å². The van der Waals surface area contributed by atoms with Gasteiger partial charge in [-0.25, -0.2) is 4.79 Å². The number of carbonyl (C=O) groups is 2. The molecule has 2 aromatic carbocycles. The minimum Gasteiger partial charge on any atom is -0.326 e. The molecule has 0 saturated heterocycles. The number of anilines is 2. The van der Waals surface area contributed by atoms with E-state index >= 15 is 0 Å². The van der Waals surface area contributed by atoms with Crippen molar-refractivity contribution in [1.29, 1.82) is 0 Å². The Kier molecular flexibility index (Phi) is 6.12. The molecule has 0 saturated carbocycles. The number of hydrogen-bond donors (Lipinski definition) is 3. The van der Waals surface area contributed by atoms with Crippen molar-refractivity contribution in [3.05, 3.63) is 59.7 Å². The van der Waals surface area contributed by atoms with Gasteiger partial charge >= 0.3 is 6.03 Å². The Morgan fingerprint density at radius 1 is 0.889 bits per heavy atom. The van der Waals surface area contributed by atoms with Crippen LogP contribution < -0.4 is 16.0 Å². The van der Waals surface area contributed by atoms with Gasteiger partial charge in [-0.3, -0.25) is 4.79 Å². The summed E-state index contributed by atoms with van der Waals surface area (Å²) in [5.74, 6) is -0.224. The molecule has 3 amide bonds. The number of urea groups is 1. The highest BCUT2D eigenvalue weighted by Gasteiger charge is 2.25. The third-order valence-electron chi connectivity index (χ3n) is 4.92. The summed E-state index contributed by atoms with van der Waals surface area (Å²) < 4.78 is 0. The predicted molar refractivity (Wildman–Crippen MR) is 109 cm³/mol. The van der Waals surface area contributed by atoms with Gasteiger partial charge in [-0.15, -0.1) is 0 Å². The monoisotopic (exact) mass is 365 g/mol. The smallest absolute Gasteiger partial charge is 0.319 e. The highest BCUT2D eigenvalue weighted by molar-refractivity contribution is 5.99. The van der Waals surface area contributed by atoms with Crippen LogP contribution >= 0.6 is 0 Å². The highest BCUT2D eigenvalue weighted by atomic mass is 16.2. The van der Waals surface area contributed by atoms with Crippen LogP contribution in [0.1, 0.15) is 37.8 Å². The van der Waals surface area contributed by atoms with E-state index in [9.17, 15) is 9.59 Å². The van der Waals surface area contributed by atoms with Gasteiger partial charge in [-0.05, 0) is 60.9 Å². The van der Waals surface area contributed by atoms with Crippen LogP contribution in [-0.4, -0.2) is 18.0 Å². The predicted octanol–water partition coefficient (Wildman–Crippen LogP) is 4.35. The Balaban J connectivity index is 1.68. The van der Waals surface area contributed by atoms with Crippen LogP contribution in [0, 0.1) is 5.92 Å². The van der Waals surface area contributed by atoms with E-state index in [1.54, 1.807) is 12.1 Å². The molecule has 0 aromatic heterocycles. The zero-order valence-corrected chi connectivity index (χ0v) is 15.9. The number of para-hydroxylation sites is 1. The summed E-state index contributed by atoms with van der Waals surface area (Å²) in [7, 11) is 0. The van der Waals surface area contributed by atoms with Gasteiger partial charge in [0.1, 0.15) is 6.04 Å². The number of aryl methyl sites for hydroxylation is 1. The van der Waals surface area contributed by atoms with Gasteiger partial charge in [0.05, 0.1) is 0 Å². The minimum absolute atomic E-state index is 0.0361. The molecule has 3 N–H and O–H groups in total. The second kappa shape index (κ2) is 8.71. The molecular weight excluding hydrogens is 338 g/mol. The summed E-state index contributed by atoms with van der Waals surface area (Å²) in [4.78, 5) is 25.2. The molecule has 0 radical (unpaired) electrons. The Labute approximate surface area is 160 Å². The van der Waals surface area contributed by atoms with Gasteiger partial charge in [0, 0.05) is 11.4 Å². The van der Waals surface area contributed by atoms with Crippen molar-refractivity contribution in [3.8, 4) is 0 Å². The van der Waals surface area contributed by atoms with Crippen molar-refractivity contribution in [1.82, 2.24) is 5.32 Å². The molecule has 1 unspecified atom stereocenters. The Hall–Kier alpha value is -2.82. The molecule has 0 aliphatic heterocycles. The van der Waals surface area contributed by atoms with Crippen molar-refractivity contribution >= 4 is 23.3 Å². The Bertz CT molecular complexity index is 802. The van der Waals surface area contributed by atoms with E-state index in [1.165, 1.54) is 17.5 Å². The van der Waals surface area contributed by atoms with E-state index in [0.29, 0.717) is 5.69 Å². The van der Waals surface area contributed by atoms with Crippen molar-refractivity contribution < 1.29 is 9.59 Å². The summed E-state index contributed by atoms with van der Waals surface area (Å²) in [5.41, 5.74) is 4.10. The van der Waals surface area contributed by atoms with Gasteiger partial charge in [-0.2, -0.15) is 0 Å². The SMILES string of the molecule is CC(C)C(NC(=O)Nc1ccccc1)C(=O)Nc1cccc2c1CCCC2. The lowest BCUT2D eigenvalue weighted by atomic mass is 9.90. The van der Waals surface area contributed by atoms with E-state index < -0.39 is 6.04 Å². The molecular formula is C22H27N3O2.